The molecule has 0 bridgehead atoms. The molecule has 1 heterocycles. The van der Waals surface area contributed by atoms with E-state index in [0.717, 1.165) is 16.9 Å². The van der Waals surface area contributed by atoms with Crippen LogP contribution in [0.2, 0.25) is 0 Å². The molecule has 0 fully saturated rings. The Hall–Kier alpha value is -1.59. The fraction of sp³-hybridized carbons (Fsp3) is 0.533. The predicted octanol–water partition coefficient (Wildman–Crippen LogP) is 1.63. The summed E-state index contributed by atoms with van der Waals surface area (Å²) in [4.78, 5) is 10.6. The van der Waals surface area contributed by atoms with Crippen molar-refractivity contribution in [2.75, 3.05) is 6.61 Å². The third-order valence-electron chi connectivity index (χ3n) is 3.58. The van der Waals surface area contributed by atoms with Crippen LogP contribution in [0.25, 0.3) is 0 Å². The predicted molar refractivity (Wildman–Crippen MR) is 74.9 cm³/mol. The summed E-state index contributed by atoms with van der Waals surface area (Å²) in [6.07, 6.45) is 0.0130. The molecule has 0 spiro atoms. The topological polar surface area (TPSA) is 78.8 Å². The summed E-state index contributed by atoms with van der Waals surface area (Å²) in [5.41, 5.74) is 1.88. The van der Waals surface area contributed by atoms with Crippen molar-refractivity contribution in [2.45, 2.75) is 44.9 Å². The molecule has 0 aromatic heterocycles. The second-order valence-corrected chi connectivity index (χ2v) is 5.40. The van der Waals surface area contributed by atoms with E-state index >= 15 is 0 Å². The third-order valence-corrected chi connectivity index (χ3v) is 3.58. The first kappa shape index (κ1) is 14.8. The van der Waals surface area contributed by atoms with Crippen molar-refractivity contribution in [3.8, 4) is 5.75 Å². The molecule has 1 aliphatic rings. The average molecular weight is 279 g/mol. The fourth-order valence-electron chi connectivity index (χ4n) is 2.43. The molecule has 1 aromatic rings. The van der Waals surface area contributed by atoms with E-state index in [1.165, 1.54) is 0 Å². The molecular formula is C15H21NO4. The molecule has 2 unspecified atom stereocenters. The number of hydrogen-bond donors (Lipinski definition) is 3. The average Bonchev–Trinajstić information content (AvgIpc) is 2.39. The van der Waals surface area contributed by atoms with Gasteiger partial charge in [0.15, 0.2) is 0 Å². The Morgan fingerprint density at radius 2 is 2.30 bits per heavy atom. The zero-order valence-electron chi connectivity index (χ0n) is 11.8. The molecule has 3 atom stereocenters. The highest BCUT2D eigenvalue weighted by Gasteiger charge is 2.30. The van der Waals surface area contributed by atoms with Crippen molar-refractivity contribution in [3.05, 3.63) is 29.3 Å². The van der Waals surface area contributed by atoms with Gasteiger partial charge in [-0.15, -0.1) is 0 Å². The highest BCUT2D eigenvalue weighted by molar-refractivity contribution is 5.66. The number of aliphatic hydroxyl groups is 1. The number of carboxylic acid groups (broad SMARTS) is 1. The number of fused-ring (bicyclic) bond motifs is 1. The number of aliphatic hydroxyl groups excluding tert-OH is 1. The van der Waals surface area contributed by atoms with Gasteiger partial charge in [-0.1, -0.05) is 12.1 Å². The lowest BCUT2D eigenvalue weighted by Crippen LogP contribution is -2.46. The van der Waals surface area contributed by atoms with Crippen LogP contribution in [-0.4, -0.2) is 34.9 Å². The first-order valence-corrected chi connectivity index (χ1v) is 6.86. The van der Waals surface area contributed by atoms with Gasteiger partial charge in [-0.3, -0.25) is 4.79 Å². The van der Waals surface area contributed by atoms with Gasteiger partial charge in [0.1, 0.15) is 18.5 Å². The quantitative estimate of drug-likeness (QED) is 0.763. The van der Waals surface area contributed by atoms with E-state index in [-0.39, 0.29) is 18.5 Å². The molecule has 20 heavy (non-hydrogen) atoms. The monoisotopic (exact) mass is 279 g/mol. The maximum atomic E-state index is 10.6. The van der Waals surface area contributed by atoms with Gasteiger partial charge >= 0.3 is 5.97 Å². The number of carboxylic acids is 1. The lowest BCUT2D eigenvalue weighted by Gasteiger charge is -2.33. The van der Waals surface area contributed by atoms with Gasteiger partial charge in [0.05, 0.1) is 6.04 Å². The molecule has 5 heteroatoms. The van der Waals surface area contributed by atoms with Crippen molar-refractivity contribution in [1.29, 1.82) is 0 Å². The number of aryl methyl sites for hydroxylation is 1. The van der Waals surface area contributed by atoms with Gasteiger partial charge in [0.2, 0.25) is 0 Å². The van der Waals surface area contributed by atoms with Crippen LogP contribution in [0.4, 0.5) is 0 Å². The second-order valence-electron chi connectivity index (χ2n) is 5.40. The Kier molecular flexibility index (Phi) is 4.62. The standard InChI is InChI=1S/C15H21NO4/c1-9-3-5-11-13(7-9)20-8-12(15(11)19)16-10(2)4-6-14(17)18/h3,5,7,10,12,15-16,19H,4,6,8H2,1-2H3,(H,17,18)/t10?,12?,15-/m0/s1. The number of ether oxygens (including phenoxy) is 1. The summed E-state index contributed by atoms with van der Waals surface area (Å²) >= 11 is 0. The number of benzene rings is 1. The summed E-state index contributed by atoms with van der Waals surface area (Å²) in [5.74, 6) is -0.0753. The molecule has 0 saturated carbocycles. The Morgan fingerprint density at radius 1 is 1.55 bits per heavy atom. The van der Waals surface area contributed by atoms with Gasteiger partial charge in [-0.2, -0.15) is 0 Å². The third kappa shape index (κ3) is 3.49. The van der Waals surface area contributed by atoms with E-state index in [2.05, 4.69) is 5.32 Å². The normalized spacial score (nSPS) is 22.8. The Balaban J connectivity index is 1.98. The van der Waals surface area contributed by atoms with E-state index < -0.39 is 12.1 Å². The number of nitrogens with one attached hydrogen (secondary N) is 1. The fourth-order valence-corrected chi connectivity index (χ4v) is 2.43. The van der Waals surface area contributed by atoms with Crippen LogP contribution in [0.1, 0.15) is 37.0 Å². The van der Waals surface area contributed by atoms with Crippen LogP contribution in [0, 0.1) is 6.92 Å². The van der Waals surface area contributed by atoms with Crippen LogP contribution in [0.3, 0.4) is 0 Å². The molecule has 1 aromatic carbocycles. The molecule has 0 aliphatic carbocycles. The SMILES string of the molecule is Cc1ccc2c(c1)OCC(NC(C)CCC(=O)O)[C@H]2O. The highest BCUT2D eigenvalue weighted by Crippen LogP contribution is 2.33. The second kappa shape index (κ2) is 6.24. The number of hydrogen-bond acceptors (Lipinski definition) is 4. The Labute approximate surface area is 118 Å². The van der Waals surface area contributed by atoms with E-state index in [1.54, 1.807) is 0 Å². The van der Waals surface area contributed by atoms with E-state index in [0.29, 0.717) is 13.0 Å². The number of rotatable bonds is 5. The van der Waals surface area contributed by atoms with Gasteiger partial charge in [-0.05, 0) is 31.9 Å². The van der Waals surface area contributed by atoms with Crippen molar-refractivity contribution >= 4 is 5.97 Å². The Morgan fingerprint density at radius 3 is 3.00 bits per heavy atom. The minimum atomic E-state index is -0.806. The summed E-state index contributed by atoms with van der Waals surface area (Å²) in [6.45, 7) is 4.28. The van der Waals surface area contributed by atoms with Crippen LogP contribution >= 0.6 is 0 Å². The van der Waals surface area contributed by atoms with Crippen LogP contribution < -0.4 is 10.1 Å². The van der Waals surface area contributed by atoms with Crippen molar-refractivity contribution < 1.29 is 19.7 Å². The molecular weight excluding hydrogens is 258 g/mol. The first-order valence-electron chi connectivity index (χ1n) is 6.86. The highest BCUT2D eigenvalue weighted by atomic mass is 16.5. The summed E-state index contributed by atoms with van der Waals surface area (Å²) in [6, 6.07) is 5.55. The summed E-state index contributed by atoms with van der Waals surface area (Å²) < 4.78 is 5.67. The van der Waals surface area contributed by atoms with Gasteiger partial charge in [0, 0.05) is 18.0 Å². The summed E-state index contributed by atoms with van der Waals surface area (Å²) in [5, 5.41) is 22.3. The lowest BCUT2D eigenvalue weighted by atomic mass is 9.97. The van der Waals surface area contributed by atoms with Crippen LogP contribution in [-0.2, 0) is 4.79 Å². The number of carbonyl (C=O) groups is 1. The molecule has 1 aliphatic heterocycles. The van der Waals surface area contributed by atoms with Crippen molar-refractivity contribution in [3.63, 3.8) is 0 Å². The Bertz CT molecular complexity index is 489. The largest absolute Gasteiger partial charge is 0.491 e. The summed E-state index contributed by atoms with van der Waals surface area (Å²) in [7, 11) is 0. The van der Waals surface area contributed by atoms with E-state index in [1.807, 2.05) is 32.0 Å². The molecule has 0 saturated heterocycles. The maximum Gasteiger partial charge on any atom is 0.303 e. The van der Waals surface area contributed by atoms with E-state index in [4.69, 9.17) is 9.84 Å². The smallest absolute Gasteiger partial charge is 0.303 e. The molecule has 0 amide bonds. The van der Waals surface area contributed by atoms with E-state index in [9.17, 15) is 9.90 Å². The van der Waals surface area contributed by atoms with Gasteiger partial charge < -0.3 is 20.3 Å². The minimum absolute atomic E-state index is 0.0151. The molecule has 0 radical (unpaired) electrons. The number of aliphatic carboxylic acids is 1. The maximum absolute atomic E-state index is 10.6. The van der Waals surface area contributed by atoms with Crippen LogP contribution in [0.5, 0.6) is 5.75 Å². The molecule has 2 rings (SSSR count). The molecule has 3 N–H and O–H groups in total. The lowest BCUT2D eigenvalue weighted by molar-refractivity contribution is -0.137. The minimum Gasteiger partial charge on any atom is -0.491 e. The zero-order chi connectivity index (χ0) is 14.7. The van der Waals surface area contributed by atoms with Gasteiger partial charge in [-0.25, -0.2) is 0 Å². The molecule has 5 nitrogen and oxygen atoms in total. The molecule has 110 valence electrons. The van der Waals surface area contributed by atoms with Gasteiger partial charge in [0.25, 0.3) is 0 Å². The van der Waals surface area contributed by atoms with Crippen LogP contribution in [0.15, 0.2) is 18.2 Å². The first-order chi connectivity index (χ1) is 9.47. The van der Waals surface area contributed by atoms with Crippen molar-refractivity contribution in [2.24, 2.45) is 0 Å². The van der Waals surface area contributed by atoms with Crippen molar-refractivity contribution in [1.82, 2.24) is 5.32 Å². The zero-order valence-corrected chi connectivity index (χ0v) is 11.8.